The molecule has 1 saturated carbocycles. The molecule has 3 rings (SSSR count). The van der Waals surface area contributed by atoms with Crippen LogP contribution in [0.5, 0.6) is 0 Å². The van der Waals surface area contributed by atoms with Crippen molar-refractivity contribution in [3.05, 3.63) is 24.3 Å². The fourth-order valence-electron chi connectivity index (χ4n) is 3.13. The molecule has 2 atom stereocenters. The predicted molar refractivity (Wildman–Crippen MR) is 99.2 cm³/mol. The van der Waals surface area contributed by atoms with Gasteiger partial charge in [0.25, 0.3) is 0 Å². The second kappa shape index (κ2) is 7.91. The maximum absolute atomic E-state index is 12.4. The van der Waals surface area contributed by atoms with E-state index in [1.54, 1.807) is 6.07 Å². The summed E-state index contributed by atoms with van der Waals surface area (Å²) in [6.45, 7) is 0.595. The maximum Gasteiger partial charge on any atom is 0.238 e. The molecule has 1 aromatic rings. The van der Waals surface area contributed by atoms with Gasteiger partial charge in [0.2, 0.25) is 21.8 Å². The van der Waals surface area contributed by atoms with Gasteiger partial charge < -0.3 is 16.0 Å². The van der Waals surface area contributed by atoms with Crippen molar-refractivity contribution in [1.82, 2.24) is 5.32 Å². The maximum atomic E-state index is 12.4. The van der Waals surface area contributed by atoms with E-state index in [1.165, 1.54) is 23.1 Å². The van der Waals surface area contributed by atoms with Crippen molar-refractivity contribution in [1.29, 1.82) is 0 Å². The first-order valence-corrected chi connectivity index (χ1v) is 9.78. The summed E-state index contributed by atoms with van der Waals surface area (Å²) in [5.74, 6) is -0.435. The number of hydrogen-bond acceptors (Lipinski definition) is 5. The van der Waals surface area contributed by atoms with Gasteiger partial charge in [-0.2, -0.15) is 0 Å². The second-order valence-electron chi connectivity index (χ2n) is 6.64. The Kier molecular flexibility index (Phi) is 6.28. The van der Waals surface area contributed by atoms with Gasteiger partial charge in [-0.25, -0.2) is 13.6 Å². The minimum atomic E-state index is -3.86. The van der Waals surface area contributed by atoms with Crippen molar-refractivity contribution >= 4 is 39.9 Å². The molecule has 1 aromatic carbocycles. The Labute approximate surface area is 158 Å². The number of nitrogens with one attached hydrogen (secondary N) is 1. The van der Waals surface area contributed by atoms with Crippen LogP contribution in [0.2, 0.25) is 0 Å². The third kappa shape index (κ3) is 4.53. The Morgan fingerprint density at radius 2 is 2.04 bits per heavy atom. The molecule has 8 nitrogen and oxygen atoms in total. The molecule has 0 aromatic heterocycles. The van der Waals surface area contributed by atoms with Gasteiger partial charge in [-0.15, -0.1) is 12.4 Å². The molecule has 0 bridgehead atoms. The highest BCUT2D eigenvalue weighted by molar-refractivity contribution is 7.89. The molecule has 2 fully saturated rings. The SMILES string of the molecule is Cl.NCC(NC(=O)C1CC(=O)N(c2cccc(S(N)(=O)=O)c2)C1)C1CC1. The Morgan fingerprint density at radius 1 is 1.35 bits per heavy atom. The average molecular weight is 403 g/mol. The largest absolute Gasteiger partial charge is 0.352 e. The summed E-state index contributed by atoms with van der Waals surface area (Å²) in [5.41, 5.74) is 6.12. The number of nitrogens with zero attached hydrogens (tertiary/aromatic N) is 1. The Balaban J connectivity index is 0.00000243. The van der Waals surface area contributed by atoms with Crippen LogP contribution in [0.15, 0.2) is 29.2 Å². The minimum Gasteiger partial charge on any atom is -0.352 e. The first-order valence-electron chi connectivity index (χ1n) is 8.23. The zero-order valence-corrected chi connectivity index (χ0v) is 15.8. The summed E-state index contributed by atoms with van der Waals surface area (Å²) in [4.78, 5) is 26.1. The van der Waals surface area contributed by atoms with Crippen molar-refractivity contribution < 1.29 is 18.0 Å². The molecule has 0 spiro atoms. The monoisotopic (exact) mass is 402 g/mol. The molecule has 26 heavy (non-hydrogen) atoms. The Bertz CT molecular complexity index is 797. The number of sulfonamides is 1. The van der Waals surface area contributed by atoms with E-state index in [4.69, 9.17) is 10.9 Å². The number of primary sulfonamides is 1. The molecule has 2 unspecified atom stereocenters. The molecule has 5 N–H and O–H groups in total. The number of rotatable bonds is 6. The lowest BCUT2D eigenvalue weighted by Gasteiger charge is -2.20. The predicted octanol–water partition coefficient (Wildman–Crippen LogP) is -0.0378. The number of benzene rings is 1. The highest BCUT2D eigenvalue weighted by Gasteiger charge is 2.38. The number of hydrogen-bond donors (Lipinski definition) is 3. The van der Waals surface area contributed by atoms with E-state index in [-0.39, 0.29) is 48.1 Å². The fraction of sp³-hybridized carbons (Fsp3) is 0.500. The lowest BCUT2D eigenvalue weighted by Crippen LogP contribution is -2.45. The van der Waals surface area contributed by atoms with Crippen molar-refractivity contribution in [2.24, 2.45) is 22.7 Å². The molecule has 144 valence electrons. The van der Waals surface area contributed by atoms with Gasteiger partial charge in [-0.1, -0.05) is 6.07 Å². The van der Waals surface area contributed by atoms with Gasteiger partial charge in [-0.3, -0.25) is 9.59 Å². The van der Waals surface area contributed by atoms with E-state index < -0.39 is 15.9 Å². The van der Waals surface area contributed by atoms with Crippen LogP contribution in [0.3, 0.4) is 0 Å². The zero-order valence-electron chi connectivity index (χ0n) is 14.1. The summed E-state index contributed by atoms with van der Waals surface area (Å²) < 4.78 is 23.0. The van der Waals surface area contributed by atoms with Gasteiger partial charge >= 0.3 is 0 Å². The smallest absolute Gasteiger partial charge is 0.238 e. The summed E-state index contributed by atoms with van der Waals surface area (Å²) >= 11 is 0. The van der Waals surface area contributed by atoms with Crippen molar-refractivity contribution in [3.63, 3.8) is 0 Å². The number of nitrogens with two attached hydrogens (primary N) is 2. The van der Waals surface area contributed by atoms with Crippen LogP contribution in [-0.4, -0.2) is 39.4 Å². The van der Waals surface area contributed by atoms with Gasteiger partial charge in [-0.05, 0) is 37.0 Å². The molecule has 0 radical (unpaired) electrons. The Morgan fingerprint density at radius 3 is 2.62 bits per heavy atom. The van der Waals surface area contributed by atoms with Gasteiger partial charge in [0.1, 0.15) is 0 Å². The second-order valence-corrected chi connectivity index (χ2v) is 8.20. The highest BCUT2D eigenvalue weighted by atomic mass is 35.5. The van der Waals surface area contributed by atoms with Crippen LogP contribution < -0.4 is 21.1 Å². The fourth-order valence-corrected chi connectivity index (χ4v) is 3.68. The third-order valence-corrected chi connectivity index (χ3v) is 5.64. The first kappa shape index (κ1) is 20.6. The normalized spacial score (nSPS) is 21.2. The number of halogens is 1. The average Bonchev–Trinajstić information content (AvgIpc) is 3.33. The quantitative estimate of drug-likeness (QED) is 0.613. The van der Waals surface area contributed by atoms with Crippen molar-refractivity contribution in [2.75, 3.05) is 18.0 Å². The van der Waals surface area contributed by atoms with Crippen molar-refractivity contribution in [2.45, 2.75) is 30.2 Å². The molecule has 1 saturated heterocycles. The lowest BCUT2D eigenvalue weighted by molar-refractivity contribution is -0.127. The number of anilines is 1. The van der Waals surface area contributed by atoms with Gasteiger partial charge in [0, 0.05) is 31.2 Å². The third-order valence-electron chi connectivity index (χ3n) is 4.73. The summed E-state index contributed by atoms with van der Waals surface area (Å²) in [6, 6.07) is 5.82. The lowest BCUT2D eigenvalue weighted by atomic mass is 10.1. The van der Waals surface area contributed by atoms with E-state index in [0.29, 0.717) is 18.2 Å². The number of amides is 2. The van der Waals surface area contributed by atoms with E-state index in [9.17, 15) is 18.0 Å². The standard InChI is InChI=1S/C16H22N4O4S.ClH/c17-8-14(10-4-5-10)19-16(22)11-6-15(21)20(9-11)12-2-1-3-13(7-12)25(18,23)24;/h1-3,7,10-11,14H,4-6,8-9,17H2,(H,19,22)(H2,18,23,24);1H. The molecule has 1 heterocycles. The Hall–Kier alpha value is -1.68. The van der Waals surface area contributed by atoms with Gasteiger partial charge in [0.15, 0.2) is 0 Å². The minimum absolute atomic E-state index is 0. The molecular formula is C16H23ClN4O4S. The molecule has 2 amide bonds. The van der Waals surface area contributed by atoms with E-state index in [0.717, 1.165) is 12.8 Å². The zero-order chi connectivity index (χ0) is 18.2. The molecule has 1 aliphatic heterocycles. The summed E-state index contributed by atoms with van der Waals surface area (Å²) in [7, 11) is -3.86. The van der Waals surface area contributed by atoms with E-state index >= 15 is 0 Å². The topological polar surface area (TPSA) is 136 Å². The van der Waals surface area contributed by atoms with Crippen LogP contribution in [0.25, 0.3) is 0 Å². The summed E-state index contributed by atoms with van der Waals surface area (Å²) in [5, 5.41) is 8.07. The van der Waals surface area contributed by atoms with E-state index in [1.807, 2.05) is 0 Å². The van der Waals surface area contributed by atoms with E-state index in [2.05, 4.69) is 5.32 Å². The molecule has 10 heteroatoms. The molecular weight excluding hydrogens is 380 g/mol. The molecule has 1 aliphatic carbocycles. The number of carbonyl (C=O) groups excluding carboxylic acids is 2. The molecule has 2 aliphatic rings. The van der Waals surface area contributed by atoms with Crippen LogP contribution in [0.4, 0.5) is 5.69 Å². The van der Waals surface area contributed by atoms with Crippen LogP contribution in [0, 0.1) is 11.8 Å². The van der Waals surface area contributed by atoms with Crippen LogP contribution in [-0.2, 0) is 19.6 Å². The first-order chi connectivity index (χ1) is 11.8. The summed E-state index contributed by atoms with van der Waals surface area (Å²) in [6.07, 6.45) is 2.23. The van der Waals surface area contributed by atoms with Crippen LogP contribution >= 0.6 is 12.4 Å². The van der Waals surface area contributed by atoms with Crippen molar-refractivity contribution in [3.8, 4) is 0 Å². The van der Waals surface area contributed by atoms with Crippen LogP contribution in [0.1, 0.15) is 19.3 Å². The number of carbonyl (C=O) groups is 2. The highest BCUT2D eigenvalue weighted by Crippen LogP contribution is 2.33. The van der Waals surface area contributed by atoms with Gasteiger partial charge in [0.05, 0.1) is 10.8 Å².